The number of hydrogen-bond donors (Lipinski definition) is 0. The Balaban J connectivity index is 4.13. The first-order chi connectivity index (χ1) is 4.35. The monoisotopic (exact) mass is 141 g/mol. The van der Waals surface area contributed by atoms with Gasteiger partial charge in [0.05, 0.1) is 0 Å². The molecule has 0 aliphatic rings. The van der Waals surface area contributed by atoms with Crippen LogP contribution in [0.3, 0.4) is 0 Å². The van der Waals surface area contributed by atoms with E-state index in [1.165, 1.54) is 17.8 Å². The zero-order chi connectivity index (χ0) is 7.11. The maximum absolute atomic E-state index is 9.67. The minimum absolute atomic E-state index is 0.625. The molecule has 3 heteroatoms. The third kappa shape index (κ3) is 3.76. The predicted molar refractivity (Wildman–Crippen MR) is 39.9 cm³/mol. The third-order valence-corrected chi connectivity index (χ3v) is 1.27. The predicted octanol–water partition coefficient (Wildman–Crippen LogP) is 1.71. The smallest absolute Gasteiger partial charge is 0.211 e. The van der Waals surface area contributed by atoms with Crippen LogP contribution in [0, 0.1) is 0 Å². The molecule has 0 heterocycles. The number of carbonyl (C=O) groups excluding carboxylic acids is 1. The summed E-state index contributed by atoms with van der Waals surface area (Å²) in [4.78, 5) is 13.0. The standard InChI is InChI=1S/C6H7NOS/c1-3-4-6(9-2)7-5-8/h3-4H,1H2,2H3/b6-4-. The fraction of sp³-hybridized carbons (Fsp3) is 0.167. The number of nitrogens with zero attached hydrogens (tertiary/aromatic N) is 1. The van der Waals surface area contributed by atoms with Crippen molar-refractivity contribution in [2.75, 3.05) is 6.26 Å². The highest BCUT2D eigenvalue weighted by molar-refractivity contribution is 8.02. The van der Waals surface area contributed by atoms with Crippen LogP contribution >= 0.6 is 11.8 Å². The summed E-state index contributed by atoms with van der Waals surface area (Å²) in [5.41, 5.74) is 0. The Morgan fingerprint density at radius 2 is 2.56 bits per heavy atom. The molecular formula is C6H7NOS. The topological polar surface area (TPSA) is 29.4 Å². The van der Waals surface area contributed by atoms with E-state index >= 15 is 0 Å². The van der Waals surface area contributed by atoms with Crippen molar-refractivity contribution in [2.24, 2.45) is 4.99 Å². The van der Waals surface area contributed by atoms with Crippen LogP contribution in [0.25, 0.3) is 0 Å². The van der Waals surface area contributed by atoms with E-state index in [1.807, 2.05) is 6.26 Å². The Morgan fingerprint density at radius 1 is 1.89 bits per heavy atom. The van der Waals surface area contributed by atoms with Crippen molar-refractivity contribution in [3.8, 4) is 0 Å². The van der Waals surface area contributed by atoms with Crippen LogP contribution in [0.2, 0.25) is 0 Å². The maximum Gasteiger partial charge on any atom is 0.241 e. The van der Waals surface area contributed by atoms with E-state index < -0.39 is 0 Å². The summed E-state index contributed by atoms with van der Waals surface area (Å²) in [5, 5.41) is 0.625. The van der Waals surface area contributed by atoms with Crippen molar-refractivity contribution < 1.29 is 4.79 Å². The van der Waals surface area contributed by atoms with Gasteiger partial charge in [0, 0.05) is 0 Å². The highest BCUT2D eigenvalue weighted by Crippen LogP contribution is 2.10. The van der Waals surface area contributed by atoms with Crippen molar-refractivity contribution in [3.05, 3.63) is 23.8 Å². The molecule has 0 amide bonds. The van der Waals surface area contributed by atoms with Gasteiger partial charge in [-0.1, -0.05) is 12.7 Å². The molecule has 0 rings (SSSR count). The van der Waals surface area contributed by atoms with E-state index in [-0.39, 0.29) is 0 Å². The maximum atomic E-state index is 9.67. The van der Waals surface area contributed by atoms with Crippen molar-refractivity contribution in [1.82, 2.24) is 0 Å². The Labute approximate surface area is 58.4 Å². The van der Waals surface area contributed by atoms with Gasteiger partial charge in [-0.3, -0.25) is 0 Å². The zero-order valence-electron chi connectivity index (χ0n) is 5.13. The Bertz CT molecular complexity index is 168. The summed E-state index contributed by atoms with van der Waals surface area (Å²) in [6, 6.07) is 0. The molecule has 0 radical (unpaired) electrons. The van der Waals surface area contributed by atoms with E-state index in [2.05, 4.69) is 11.6 Å². The van der Waals surface area contributed by atoms with E-state index in [0.717, 1.165) is 0 Å². The molecule has 0 aliphatic carbocycles. The van der Waals surface area contributed by atoms with E-state index in [9.17, 15) is 4.79 Å². The highest BCUT2D eigenvalue weighted by atomic mass is 32.2. The molecule has 0 aromatic rings. The molecule has 48 valence electrons. The summed E-state index contributed by atoms with van der Waals surface area (Å²) < 4.78 is 0. The van der Waals surface area contributed by atoms with Crippen LogP contribution < -0.4 is 0 Å². The van der Waals surface area contributed by atoms with Crippen LogP contribution in [-0.2, 0) is 4.79 Å². The third-order valence-electron chi connectivity index (χ3n) is 0.625. The van der Waals surface area contributed by atoms with Crippen LogP contribution in [0.4, 0.5) is 0 Å². The Hall–Kier alpha value is -0.790. The van der Waals surface area contributed by atoms with Crippen molar-refractivity contribution >= 4 is 17.8 Å². The minimum atomic E-state index is 0.625. The lowest BCUT2D eigenvalue weighted by atomic mass is 10.6. The molecule has 0 aliphatic heterocycles. The first kappa shape index (κ1) is 8.21. The second-order valence-corrected chi connectivity index (χ2v) is 1.97. The SMILES string of the molecule is C=C/C=C(/N=C=O)SC. The van der Waals surface area contributed by atoms with Gasteiger partial charge in [-0.15, -0.1) is 11.8 Å². The van der Waals surface area contributed by atoms with E-state index in [0.29, 0.717) is 5.03 Å². The lowest BCUT2D eigenvalue weighted by Crippen LogP contribution is -1.65. The zero-order valence-corrected chi connectivity index (χ0v) is 5.94. The summed E-state index contributed by atoms with van der Waals surface area (Å²) in [6.07, 6.45) is 6.50. The normalized spacial score (nSPS) is 10.1. The van der Waals surface area contributed by atoms with Crippen LogP contribution in [-0.4, -0.2) is 12.3 Å². The van der Waals surface area contributed by atoms with Gasteiger partial charge in [0.1, 0.15) is 5.03 Å². The fourth-order valence-corrected chi connectivity index (χ4v) is 0.658. The molecule has 0 bridgehead atoms. The molecule has 0 saturated heterocycles. The molecule has 0 spiro atoms. The molecular weight excluding hydrogens is 134 g/mol. The van der Waals surface area contributed by atoms with Crippen LogP contribution in [0.15, 0.2) is 28.8 Å². The van der Waals surface area contributed by atoms with Gasteiger partial charge in [-0.25, -0.2) is 4.79 Å². The summed E-state index contributed by atoms with van der Waals surface area (Å²) in [5.74, 6) is 0. The summed E-state index contributed by atoms with van der Waals surface area (Å²) in [7, 11) is 0. The lowest BCUT2D eigenvalue weighted by Gasteiger charge is -1.86. The number of rotatable bonds is 3. The minimum Gasteiger partial charge on any atom is -0.211 e. The van der Waals surface area contributed by atoms with Crippen molar-refractivity contribution in [2.45, 2.75) is 0 Å². The van der Waals surface area contributed by atoms with Gasteiger partial charge in [0.25, 0.3) is 0 Å². The number of allylic oxidation sites excluding steroid dienone is 2. The fourth-order valence-electron chi connectivity index (χ4n) is 0.297. The number of isocyanates is 1. The molecule has 0 aromatic heterocycles. The van der Waals surface area contributed by atoms with Crippen LogP contribution in [0.5, 0.6) is 0 Å². The van der Waals surface area contributed by atoms with Gasteiger partial charge < -0.3 is 0 Å². The molecule has 0 aromatic carbocycles. The van der Waals surface area contributed by atoms with Crippen LogP contribution in [0.1, 0.15) is 0 Å². The largest absolute Gasteiger partial charge is 0.241 e. The van der Waals surface area contributed by atoms with E-state index in [1.54, 1.807) is 12.2 Å². The first-order valence-corrected chi connectivity index (χ1v) is 3.52. The molecule has 0 saturated carbocycles. The molecule has 0 fully saturated rings. The second-order valence-electron chi connectivity index (χ2n) is 1.15. The molecule has 2 nitrogen and oxygen atoms in total. The molecule has 0 atom stereocenters. The second kappa shape index (κ2) is 5.35. The Kier molecular flexibility index (Phi) is 4.88. The van der Waals surface area contributed by atoms with Gasteiger partial charge >= 0.3 is 0 Å². The van der Waals surface area contributed by atoms with E-state index in [4.69, 9.17) is 0 Å². The Morgan fingerprint density at radius 3 is 2.89 bits per heavy atom. The van der Waals surface area contributed by atoms with Gasteiger partial charge in [-0.05, 0) is 12.3 Å². The molecule has 0 N–H and O–H groups in total. The van der Waals surface area contributed by atoms with Gasteiger partial charge in [0.15, 0.2) is 0 Å². The molecule has 0 unspecified atom stereocenters. The summed E-state index contributed by atoms with van der Waals surface area (Å²) >= 11 is 1.38. The van der Waals surface area contributed by atoms with Gasteiger partial charge in [-0.2, -0.15) is 4.99 Å². The first-order valence-electron chi connectivity index (χ1n) is 2.29. The van der Waals surface area contributed by atoms with Crippen molar-refractivity contribution in [3.63, 3.8) is 0 Å². The molecule has 9 heavy (non-hydrogen) atoms. The quantitative estimate of drug-likeness (QED) is 0.340. The number of hydrogen-bond acceptors (Lipinski definition) is 3. The highest BCUT2D eigenvalue weighted by Gasteiger charge is 1.84. The number of aliphatic imine (C=N–C) groups is 1. The summed E-state index contributed by atoms with van der Waals surface area (Å²) in [6.45, 7) is 3.45. The average molecular weight is 141 g/mol. The number of thioether (sulfide) groups is 1. The van der Waals surface area contributed by atoms with Gasteiger partial charge in [0.2, 0.25) is 6.08 Å². The average Bonchev–Trinajstić information content (AvgIpc) is 1.88. The lowest BCUT2D eigenvalue weighted by molar-refractivity contribution is 0.565. The van der Waals surface area contributed by atoms with Crippen molar-refractivity contribution in [1.29, 1.82) is 0 Å².